The number of hydrogen-bond donors (Lipinski definition) is 1. The fraction of sp³-hybridized carbons (Fsp3) is 0.500. The van der Waals surface area contributed by atoms with Crippen LogP contribution in [0.15, 0.2) is 22.9 Å². The van der Waals surface area contributed by atoms with Gasteiger partial charge in [-0.15, -0.1) is 0 Å². The SMILES string of the molecule is CCCNC(=O)C1COCCN1C(=O)c1ccc(Br)nc1. The van der Waals surface area contributed by atoms with Crippen molar-refractivity contribution in [3.63, 3.8) is 0 Å². The van der Waals surface area contributed by atoms with E-state index in [0.29, 0.717) is 29.9 Å². The number of nitrogens with zero attached hydrogens (tertiary/aromatic N) is 2. The molecule has 1 saturated heterocycles. The van der Waals surface area contributed by atoms with Crippen LogP contribution in [-0.2, 0) is 9.53 Å². The molecule has 1 atom stereocenters. The fourth-order valence-electron chi connectivity index (χ4n) is 2.10. The standard InChI is InChI=1S/C14H18BrN3O3/c1-2-5-16-13(19)11-9-21-7-6-18(11)14(20)10-3-4-12(15)17-8-10/h3-4,8,11H,2,5-7,9H2,1H3,(H,16,19). The molecule has 1 aliphatic rings. The Morgan fingerprint density at radius 1 is 1.52 bits per heavy atom. The first-order valence-electron chi connectivity index (χ1n) is 6.91. The lowest BCUT2D eigenvalue weighted by Gasteiger charge is -2.34. The van der Waals surface area contributed by atoms with Crippen molar-refractivity contribution < 1.29 is 14.3 Å². The van der Waals surface area contributed by atoms with Crippen molar-refractivity contribution in [2.24, 2.45) is 0 Å². The largest absolute Gasteiger partial charge is 0.377 e. The Bertz CT molecular complexity index is 507. The van der Waals surface area contributed by atoms with Gasteiger partial charge in [0.15, 0.2) is 0 Å². The van der Waals surface area contributed by atoms with Crippen LogP contribution in [0.2, 0.25) is 0 Å². The summed E-state index contributed by atoms with van der Waals surface area (Å²) in [5.41, 5.74) is 0.466. The second-order valence-electron chi connectivity index (χ2n) is 4.75. The zero-order valence-electron chi connectivity index (χ0n) is 11.8. The van der Waals surface area contributed by atoms with E-state index in [9.17, 15) is 9.59 Å². The van der Waals surface area contributed by atoms with Crippen molar-refractivity contribution in [3.05, 3.63) is 28.5 Å². The van der Waals surface area contributed by atoms with E-state index in [1.807, 2.05) is 6.92 Å². The summed E-state index contributed by atoms with van der Waals surface area (Å²) in [6.45, 7) is 3.64. The number of ether oxygens (including phenoxy) is 1. The summed E-state index contributed by atoms with van der Waals surface area (Å²) in [4.78, 5) is 30.3. The Kier molecular flexibility index (Phi) is 5.69. The highest BCUT2D eigenvalue weighted by Crippen LogP contribution is 2.14. The smallest absolute Gasteiger partial charge is 0.256 e. The fourth-order valence-corrected chi connectivity index (χ4v) is 2.33. The summed E-state index contributed by atoms with van der Waals surface area (Å²) in [6, 6.07) is 2.82. The molecule has 1 unspecified atom stereocenters. The highest BCUT2D eigenvalue weighted by Gasteiger charge is 2.33. The molecule has 2 rings (SSSR count). The molecule has 0 saturated carbocycles. The average Bonchev–Trinajstić information content (AvgIpc) is 2.52. The average molecular weight is 356 g/mol. The monoisotopic (exact) mass is 355 g/mol. The number of amides is 2. The molecule has 2 heterocycles. The van der Waals surface area contributed by atoms with E-state index in [1.54, 1.807) is 17.0 Å². The lowest BCUT2D eigenvalue weighted by atomic mass is 10.1. The minimum absolute atomic E-state index is 0.171. The number of pyridine rings is 1. The third kappa shape index (κ3) is 4.01. The van der Waals surface area contributed by atoms with Crippen LogP contribution < -0.4 is 5.32 Å². The number of carbonyl (C=O) groups excluding carboxylic acids is 2. The molecule has 21 heavy (non-hydrogen) atoms. The molecule has 1 aromatic rings. The van der Waals surface area contributed by atoms with E-state index < -0.39 is 6.04 Å². The van der Waals surface area contributed by atoms with Gasteiger partial charge in [0.25, 0.3) is 5.91 Å². The molecule has 7 heteroatoms. The maximum absolute atomic E-state index is 12.5. The van der Waals surface area contributed by atoms with Gasteiger partial charge in [-0.25, -0.2) is 4.98 Å². The van der Waals surface area contributed by atoms with Crippen LogP contribution in [0.1, 0.15) is 23.7 Å². The molecule has 6 nitrogen and oxygen atoms in total. The van der Waals surface area contributed by atoms with Crippen molar-refractivity contribution in [2.75, 3.05) is 26.3 Å². The van der Waals surface area contributed by atoms with E-state index in [-0.39, 0.29) is 18.4 Å². The molecule has 2 amide bonds. The zero-order valence-corrected chi connectivity index (χ0v) is 13.4. The Labute approximate surface area is 132 Å². The number of halogens is 1. The molecular formula is C14H18BrN3O3. The topological polar surface area (TPSA) is 71.5 Å². The predicted molar refractivity (Wildman–Crippen MR) is 80.9 cm³/mol. The summed E-state index contributed by atoms with van der Waals surface area (Å²) in [7, 11) is 0. The van der Waals surface area contributed by atoms with Gasteiger partial charge in [-0.2, -0.15) is 0 Å². The quantitative estimate of drug-likeness (QED) is 0.824. The Hall–Kier alpha value is -1.47. The third-order valence-corrected chi connectivity index (χ3v) is 3.68. The van der Waals surface area contributed by atoms with Crippen molar-refractivity contribution in [1.82, 2.24) is 15.2 Å². The van der Waals surface area contributed by atoms with Crippen LogP contribution in [0.3, 0.4) is 0 Å². The van der Waals surface area contributed by atoms with E-state index in [1.165, 1.54) is 6.20 Å². The normalized spacial score (nSPS) is 18.4. The summed E-state index contributed by atoms with van der Waals surface area (Å²) in [5, 5.41) is 2.81. The van der Waals surface area contributed by atoms with Gasteiger partial charge in [-0.3, -0.25) is 9.59 Å². The van der Waals surface area contributed by atoms with Gasteiger partial charge in [0.1, 0.15) is 10.6 Å². The minimum Gasteiger partial charge on any atom is -0.377 e. The highest BCUT2D eigenvalue weighted by atomic mass is 79.9. The maximum atomic E-state index is 12.5. The van der Waals surface area contributed by atoms with Crippen LogP contribution in [0, 0.1) is 0 Å². The number of rotatable bonds is 4. The molecule has 114 valence electrons. The van der Waals surface area contributed by atoms with Crippen LogP contribution >= 0.6 is 15.9 Å². The van der Waals surface area contributed by atoms with E-state index in [2.05, 4.69) is 26.2 Å². The van der Waals surface area contributed by atoms with Crippen LogP contribution in [0.25, 0.3) is 0 Å². The maximum Gasteiger partial charge on any atom is 0.256 e. The molecule has 0 aromatic carbocycles. The van der Waals surface area contributed by atoms with Gasteiger partial charge < -0.3 is 15.0 Å². The van der Waals surface area contributed by atoms with E-state index >= 15 is 0 Å². The van der Waals surface area contributed by atoms with Gasteiger partial charge >= 0.3 is 0 Å². The highest BCUT2D eigenvalue weighted by molar-refractivity contribution is 9.10. The number of aromatic nitrogens is 1. The zero-order chi connectivity index (χ0) is 15.2. The van der Waals surface area contributed by atoms with Crippen molar-refractivity contribution >= 4 is 27.7 Å². The lowest BCUT2D eigenvalue weighted by Crippen LogP contribution is -2.56. The molecule has 0 aliphatic carbocycles. The van der Waals surface area contributed by atoms with Crippen LogP contribution in [0.4, 0.5) is 0 Å². The molecule has 1 N–H and O–H groups in total. The van der Waals surface area contributed by atoms with Gasteiger partial charge in [0.2, 0.25) is 5.91 Å². The lowest BCUT2D eigenvalue weighted by molar-refractivity contribution is -0.130. The summed E-state index contributed by atoms with van der Waals surface area (Å²) >= 11 is 3.23. The van der Waals surface area contributed by atoms with Crippen LogP contribution in [-0.4, -0.2) is 54.0 Å². The molecule has 1 aromatic heterocycles. The molecular weight excluding hydrogens is 338 g/mol. The number of nitrogens with one attached hydrogen (secondary N) is 1. The van der Waals surface area contributed by atoms with Crippen molar-refractivity contribution in [2.45, 2.75) is 19.4 Å². The van der Waals surface area contributed by atoms with Crippen LogP contribution in [0.5, 0.6) is 0 Å². The molecule has 0 bridgehead atoms. The van der Waals surface area contributed by atoms with E-state index in [0.717, 1.165) is 6.42 Å². The predicted octanol–water partition coefficient (Wildman–Crippen LogP) is 1.21. The Morgan fingerprint density at radius 3 is 3.00 bits per heavy atom. The first-order chi connectivity index (χ1) is 10.1. The molecule has 1 aliphatic heterocycles. The third-order valence-electron chi connectivity index (χ3n) is 3.22. The van der Waals surface area contributed by atoms with Gasteiger partial charge in [0, 0.05) is 19.3 Å². The van der Waals surface area contributed by atoms with Gasteiger partial charge in [-0.1, -0.05) is 6.92 Å². The summed E-state index contributed by atoms with van der Waals surface area (Å²) < 4.78 is 6.01. The van der Waals surface area contributed by atoms with E-state index in [4.69, 9.17) is 4.74 Å². The second-order valence-corrected chi connectivity index (χ2v) is 5.56. The van der Waals surface area contributed by atoms with Gasteiger partial charge in [-0.05, 0) is 34.5 Å². The number of hydrogen-bond acceptors (Lipinski definition) is 4. The number of morpholine rings is 1. The first kappa shape index (κ1) is 15.9. The first-order valence-corrected chi connectivity index (χ1v) is 7.70. The van der Waals surface area contributed by atoms with Crippen molar-refractivity contribution in [3.8, 4) is 0 Å². The molecule has 0 spiro atoms. The number of carbonyl (C=O) groups is 2. The summed E-state index contributed by atoms with van der Waals surface area (Å²) in [5.74, 6) is -0.370. The summed E-state index contributed by atoms with van der Waals surface area (Å²) in [6.07, 6.45) is 2.35. The molecule has 1 fully saturated rings. The second kappa shape index (κ2) is 7.51. The Balaban J connectivity index is 2.12. The van der Waals surface area contributed by atoms with Gasteiger partial charge in [0.05, 0.1) is 18.8 Å². The van der Waals surface area contributed by atoms with Crippen molar-refractivity contribution in [1.29, 1.82) is 0 Å². The Morgan fingerprint density at radius 2 is 2.33 bits per heavy atom. The molecule has 0 radical (unpaired) electrons. The minimum atomic E-state index is -0.582.